The number of carbonyl (C=O) groups is 1. The Morgan fingerprint density at radius 1 is 1.04 bits per heavy atom. The maximum absolute atomic E-state index is 11.6. The van der Waals surface area contributed by atoms with Crippen molar-refractivity contribution in [1.82, 2.24) is 14.5 Å². The third kappa shape index (κ3) is 3.31. The number of amidine groups is 1. The van der Waals surface area contributed by atoms with Crippen molar-refractivity contribution in [3.05, 3.63) is 54.4 Å². The van der Waals surface area contributed by atoms with Crippen LogP contribution in [0.1, 0.15) is 24.2 Å². The van der Waals surface area contributed by atoms with Gasteiger partial charge in [-0.15, -0.1) is 0 Å². The van der Waals surface area contributed by atoms with Gasteiger partial charge in [0, 0.05) is 43.1 Å². The maximum atomic E-state index is 11.6. The number of benzene rings is 2. The van der Waals surface area contributed by atoms with Gasteiger partial charge in [-0.25, -0.2) is 4.98 Å². The zero-order chi connectivity index (χ0) is 19.7. The van der Waals surface area contributed by atoms with Crippen LogP contribution in [0.25, 0.3) is 16.7 Å². The fraction of sp³-hybridized carbons (Fsp3) is 0.286. The number of fused-ring (bicyclic) bond motifs is 1. The summed E-state index contributed by atoms with van der Waals surface area (Å²) in [6.45, 7) is 6.75. The van der Waals surface area contributed by atoms with Crippen LogP contribution >= 0.6 is 0 Å². The topological polar surface area (TPSA) is 74.0 Å². The van der Waals surface area contributed by atoms with Crippen LogP contribution in [0.15, 0.2) is 53.9 Å². The molecular formula is C21H23N5O2. The summed E-state index contributed by atoms with van der Waals surface area (Å²) >= 11 is 0. The molecule has 1 saturated heterocycles. The molecule has 144 valence electrons. The van der Waals surface area contributed by atoms with Gasteiger partial charge in [0.05, 0.1) is 11.0 Å². The van der Waals surface area contributed by atoms with Crippen molar-refractivity contribution in [2.75, 3.05) is 31.1 Å². The number of carbonyl (C=O) groups excluding carboxylic acids is 1. The summed E-state index contributed by atoms with van der Waals surface area (Å²) in [7, 11) is 0. The fourth-order valence-electron chi connectivity index (χ4n) is 3.63. The molecule has 1 aliphatic rings. The number of ketones is 1. The average molecular weight is 377 g/mol. The summed E-state index contributed by atoms with van der Waals surface area (Å²) < 4.78 is 2.04. The Morgan fingerprint density at radius 3 is 2.50 bits per heavy atom. The molecule has 0 saturated carbocycles. The molecule has 3 aromatic rings. The van der Waals surface area contributed by atoms with Crippen LogP contribution in [0, 0.1) is 0 Å². The van der Waals surface area contributed by atoms with Crippen molar-refractivity contribution in [3.63, 3.8) is 0 Å². The van der Waals surface area contributed by atoms with Crippen LogP contribution in [-0.2, 0) is 0 Å². The van der Waals surface area contributed by atoms with E-state index in [0.717, 1.165) is 48.6 Å². The van der Waals surface area contributed by atoms with Gasteiger partial charge in [-0.2, -0.15) is 0 Å². The van der Waals surface area contributed by atoms with E-state index >= 15 is 0 Å². The molecule has 4 rings (SSSR count). The summed E-state index contributed by atoms with van der Waals surface area (Å²) in [5.74, 6) is 0.697. The highest BCUT2D eigenvalue weighted by molar-refractivity contribution is 5.97. The number of imidazole rings is 1. The average Bonchev–Trinajstić information content (AvgIpc) is 3.16. The quantitative estimate of drug-likeness (QED) is 0.250. The Morgan fingerprint density at radius 2 is 1.79 bits per heavy atom. The minimum Gasteiger partial charge on any atom is -0.409 e. The van der Waals surface area contributed by atoms with E-state index in [1.54, 1.807) is 13.3 Å². The Balaban J connectivity index is 1.60. The van der Waals surface area contributed by atoms with Gasteiger partial charge in [0.15, 0.2) is 5.78 Å². The van der Waals surface area contributed by atoms with E-state index in [1.807, 2.05) is 35.8 Å². The molecule has 1 aliphatic heterocycles. The summed E-state index contributed by atoms with van der Waals surface area (Å²) in [5, 5.41) is 12.2. The third-order valence-corrected chi connectivity index (χ3v) is 5.31. The van der Waals surface area contributed by atoms with Crippen molar-refractivity contribution < 1.29 is 10.0 Å². The Kier molecular flexibility index (Phi) is 4.73. The zero-order valence-corrected chi connectivity index (χ0v) is 16.0. The molecule has 7 nitrogen and oxygen atoms in total. The zero-order valence-electron chi connectivity index (χ0n) is 16.0. The largest absolute Gasteiger partial charge is 0.409 e. The Hall–Kier alpha value is -3.35. The van der Waals surface area contributed by atoms with E-state index in [0.29, 0.717) is 11.4 Å². The number of aromatic nitrogens is 2. The van der Waals surface area contributed by atoms with Crippen molar-refractivity contribution in [3.8, 4) is 5.69 Å². The van der Waals surface area contributed by atoms with Crippen LogP contribution in [0.3, 0.4) is 0 Å². The smallest absolute Gasteiger partial charge is 0.159 e. The highest BCUT2D eigenvalue weighted by atomic mass is 16.4. The van der Waals surface area contributed by atoms with E-state index in [9.17, 15) is 4.79 Å². The molecule has 2 heterocycles. The highest BCUT2D eigenvalue weighted by Crippen LogP contribution is 2.24. The fourth-order valence-corrected chi connectivity index (χ4v) is 3.63. The molecule has 7 heteroatoms. The SMILES string of the molecule is CC(=O)c1ccc2c(c1)ncn2-c1cccc(N2CCN(C(C)=NO)CC2)c1. The monoisotopic (exact) mass is 377 g/mol. The minimum atomic E-state index is 0.0408. The summed E-state index contributed by atoms with van der Waals surface area (Å²) in [6, 6.07) is 14.0. The van der Waals surface area contributed by atoms with Gasteiger partial charge in [0.1, 0.15) is 12.2 Å². The van der Waals surface area contributed by atoms with Gasteiger partial charge in [0.2, 0.25) is 0 Å². The third-order valence-electron chi connectivity index (χ3n) is 5.31. The van der Waals surface area contributed by atoms with Gasteiger partial charge >= 0.3 is 0 Å². The van der Waals surface area contributed by atoms with E-state index in [4.69, 9.17) is 5.21 Å². The number of hydrogen-bond acceptors (Lipinski definition) is 5. The summed E-state index contributed by atoms with van der Waals surface area (Å²) in [5.41, 5.74) is 4.64. The molecule has 1 aromatic heterocycles. The van der Waals surface area contributed by atoms with Crippen LogP contribution in [0.5, 0.6) is 0 Å². The molecular weight excluding hydrogens is 354 g/mol. The molecule has 0 aliphatic carbocycles. The lowest BCUT2D eigenvalue weighted by Crippen LogP contribution is -2.48. The van der Waals surface area contributed by atoms with Gasteiger partial charge in [-0.3, -0.25) is 9.36 Å². The lowest BCUT2D eigenvalue weighted by Gasteiger charge is -2.36. The molecule has 0 unspecified atom stereocenters. The Labute approximate surface area is 163 Å². The number of Topliss-reactive ketones (excluding diaryl/α,β-unsaturated/α-hetero) is 1. The lowest BCUT2D eigenvalue weighted by molar-refractivity contribution is 0.101. The first kappa shape index (κ1) is 18.0. The molecule has 0 spiro atoms. The first-order valence-electron chi connectivity index (χ1n) is 9.34. The van der Waals surface area contributed by atoms with E-state index < -0.39 is 0 Å². The van der Waals surface area contributed by atoms with Crippen molar-refractivity contribution in [2.45, 2.75) is 13.8 Å². The predicted molar refractivity (Wildman–Crippen MR) is 110 cm³/mol. The second kappa shape index (κ2) is 7.34. The Bertz CT molecular complexity index is 1050. The van der Waals surface area contributed by atoms with Gasteiger partial charge < -0.3 is 15.0 Å². The molecule has 2 aromatic carbocycles. The number of piperazine rings is 1. The molecule has 0 bridgehead atoms. The number of anilines is 1. The first-order valence-corrected chi connectivity index (χ1v) is 9.34. The second-order valence-electron chi connectivity index (χ2n) is 7.02. The highest BCUT2D eigenvalue weighted by Gasteiger charge is 2.19. The molecule has 1 fully saturated rings. The van der Waals surface area contributed by atoms with Crippen LogP contribution in [0.4, 0.5) is 5.69 Å². The molecule has 0 atom stereocenters. The number of rotatable bonds is 3. The van der Waals surface area contributed by atoms with Crippen molar-refractivity contribution >= 4 is 28.3 Å². The van der Waals surface area contributed by atoms with Gasteiger partial charge in [-0.05, 0) is 50.2 Å². The normalized spacial score (nSPS) is 15.3. The summed E-state index contributed by atoms with van der Waals surface area (Å²) in [6.07, 6.45) is 1.80. The van der Waals surface area contributed by atoms with Crippen LogP contribution in [-0.4, -0.2) is 57.5 Å². The van der Waals surface area contributed by atoms with Crippen molar-refractivity contribution in [1.29, 1.82) is 0 Å². The van der Waals surface area contributed by atoms with Gasteiger partial charge in [-0.1, -0.05) is 11.2 Å². The van der Waals surface area contributed by atoms with E-state index in [2.05, 4.69) is 38.1 Å². The molecule has 0 amide bonds. The van der Waals surface area contributed by atoms with Crippen molar-refractivity contribution in [2.24, 2.45) is 5.16 Å². The standard InChI is InChI=1S/C21H23N5O2/c1-15(27)17-6-7-21-20(12-17)22-14-26(21)19-5-3-4-18(13-19)25-10-8-24(9-11-25)16(2)23-28/h3-7,12-14,28H,8-11H2,1-2H3. The number of nitrogens with zero attached hydrogens (tertiary/aromatic N) is 5. The number of oxime groups is 1. The minimum absolute atomic E-state index is 0.0408. The summed E-state index contributed by atoms with van der Waals surface area (Å²) in [4.78, 5) is 20.5. The van der Waals surface area contributed by atoms with Gasteiger partial charge in [0.25, 0.3) is 0 Å². The molecule has 28 heavy (non-hydrogen) atoms. The van der Waals surface area contributed by atoms with Crippen LogP contribution in [0.2, 0.25) is 0 Å². The maximum Gasteiger partial charge on any atom is 0.159 e. The van der Waals surface area contributed by atoms with Crippen LogP contribution < -0.4 is 4.90 Å². The van der Waals surface area contributed by atoms with E-state index in [-0.39, 0.29) is 5.78 Å². The second-order valence-corrected chi connectivity index (χ2v) is 7.02. The number of hydrogen-bond donors (Lipinski definition) is 1. The molecule has 0 radical (unpaired) electrons. The first-order chi connectivity index (χ1) is 13.6. The molecule has 1 N–H and O–H groups in total. The lowest BCUT2D eigenvalue weighted by atomic mass is 10.1. The predicted octanol–water partition coefficient (Wildman–Crippen LogP) is 3.16. The van der Waals surface area contributed by atoms with E-state index in [1.165, 1.54) is 0 Å².